The van der Waals surface area contributed by atoms with Gasteiger partial charge in [-0.25, -0.2) is 9.48 Å². The summed E-state index contributed by atoms with van der Waals surface area (Å²) < 4.78 is 13.3. The van der Waals surface area contributed by atoms with Crippen LogP contribution >= 0.6 is 23.4 Å². The van der Waals surface area contributed by atoms with E-state index in [4.69, 9.17) is 26.2 Å². The highest BCUT2D eigenvalue weighted by atomic mass is 35.5. The van der Waals surface area contributed by atoms with Crippen LogP contribution in [0.4, 0.5) is 5.95 Å². The highest BCUT2D eigenvalue weighted by Crippen LogP contribution is 2.37. The Bertz CT molecular complexity index is 1210. The summed E-state index contributed by atoms with van der Waals surface area (Å²) in [5.41, 5.74) is 3.17. The molecule has 0 saturated heterocycles. The Morgan fingerprint density at radius 3 is 2.56 bits per heavy atom. The average Bonchev–Trinajstić information content (AvgIpc) is 3.28. The summed E-state index contributed by atoms with van der Waals surface area (Å²) in [5.74, 6) is 1.94. The van der Waals surface area contributed by atoms with Crippen LogP contribution in [0.3, 0.4) is 0 Å². The van der Waals surface area contributed by atoms with Gasteiger partial charge in [-0.3, -0.25) is 0 Å². The molecule has 1 atom stereocenters. The highest BCUT2D eigenvalue weighted by molar-refractivity contribution is 7.99. The molecular weight excluding hydrogens is 496 g/mol. The number of unbranched alkanes of at least 4 members (excludes halogenated alkanes) is 1. The van der Waals surface area contributed by atoms with Crippen molar-refractivity contribution < 1.29 is 14.3 Å². The van der Waals surface area contributed by atoms with Crippen LogP contribution in [-0.4, -0.2) is 33.1 Å². The van der Waals surface area contributed by atoms with Crippen LogP contribution in [0.25, 0.3) is 0 Å². The lowest BCUT2D eigenvalue weighted by Crippen LogP contribution is -2.29. The summed E-state index contributed by atoms with van der Waals surface area (Å²) in [6.45, 7) is 6.81. The number of carbonyl (C=O) groups is 1. The number of aromatic nitrogens is 3. The summed E-state index contributed by atoms with van der Waals surface area (Å²) in [4.78, 5) is 17.8. The molecule has 2 heterocycles. The molecule has 0 radical (unpaired) electrons. The van der Waals surface area contributed by atoms with Crippen molar-refractivity contribution in [3.63, 3.8) is 0 Å². The first-order chi connectivity index (χ1) is 17.5. The number of anilines is 1. The van der Waals surface area contributed by atoms with E-state index in [2.05, 4.69) is 17.2 Å². The Kier molecular flexibility index (Phi) is 8.93. The predicted molar refractivity (Wildman–Crippen MR) is 144 cm³/mol. The van der Waals surface area contributed by atoms with E-state index in [1.54, 1.807) is 16.4 Å². The molecule has 1 unspecified atom stereocenters. The van der Waals surface area contributed by atoms with Crippen LogP contribution in [0.15, 0.2) is 65.0 Å². The minimum absolute atomic E-state index is 0.351. The molecule has 0 aliphatic carbocycles. The second kappa shape index (κ2) is 12.3. The zero-order valence-electron chi connectivity index (χ0n) is 20.8. The Hall–Kier alpha value is -2.97. The number of nitrogens with one attached hydrogen (secondary N) is 1. The average molecular weight is 527 g/mol. The van der Waals surface area contributed by atoms with Gasteiger partial charge >= 0.3 is 5.97 Å². The van der Waals surface area contributed by atoms with Gasteiger partial charge in [0.1, 0.15) is 18.4 Å². The molecule has 0 spiro atoms. The maximum Gasteiger partial charge on any atom is 0.338 e. The molecule has 1 aromatic heterocycles. The Morgan fingerprint density at radius 1 is 1.11 bits per heavy atom. The summed E-state index contributed by atoms with van der Waals surface area (Å²) in [6, 6.07) is 14.9. The van der Waals surface area contributed by atoms with E-state index in [9.17, 15) is 4.79 Å². The molecule has 0 saturated carbocycles. The molecule has 36 heavy (non-hydrogen) atoms. The SMILES string of the molecule is CCCCSc1nc2n(n1)C(c1ccc(OCc3ccc(Cl)cc3)cc1)C(C(=O)OCCC)=C(C)N2. The van der Waals surface area contributed by atoms with Gasteiger partial charge in [-0.05, 0) is 55.2 Å². The fraction of sp³-hybridized carbons (Fsp3) is 0.370. The number of esters is 1. The standard InChI is InChI=1S/C27H31ClN4O3S/c1-4-6-16-36-27-30-26-29-18(3)23(25(33)34-15-5-2)24(32(26)31-27)20-9-13-22(14-10-20)35-17-19-7-11-21(28)12-8-19/h7-14,24H,4-6,15-17H2,1-3H3,(H,29,30,31). The van der Waals surface area contributed by atoms with Gasteiger partial charge in [0.25, 0.3) is 0 Å². The van der Waals surface area contributed by atoms with E-state index in [0.29, 0.717) is 40.6 Å². The summed E-state index contributed by atoms with van der Waals surface area (Å²) in [7, 11) is 0. The third kappa shape index (κ3) is 6.23. The van der Waals surface area contributed by atoms with Gasteiger partial charge < -0.3 is 14.8 Å². The molecule has 7 nitrogen and oxygen atoms in total. The third-order valence-electron chi connectivity index (χ3n) is 5.73. The molecule has 2 aromatic carbocycles. The van der Waals surface area contributed by atoms with Crippen molar-refractivity contribution >= 4 is 35.3 Å². The topological polar surface area (TPSA) is 78.3 Å². The van der Waals surface area contributed by atoms with Crippen molar-refractivity contribution in [2.24, 2.45) is 0 Å². The predicted octanol–water partition coefficient (Wildman–Crippen LogP) is 6.64. The molecule has 4 rings (SSSR count). The normalized spacial score (nSPS) is 14.8. The molecule has 0 fully saturated rings. The molecule has 190 valence electrons. The Labute approximate surface area is 221 Å². The number of allylic oxidation sites excluding steroid dienone is 1. The molecular formula is C27H31ClN4O3S. The third-order valence-corrected chi connectivity index (χ3v) is 6.91. The van der Waals surface area contributed by atoms with Crippen LogP contribution in [0.2, 0.25) is 5.02 Å². The minimum atomic E-state index is -0.455. The van der Waals surface area contributed by atoms with Gasteiger partial charge in [-0.15, -0.1) is 5.10 Å². The fourth-order valence-electron chi connectivity index (χ4n) is 3.84. The second-order valence-corrected chi connectivity index (χ2v) is 10.0. The van der Waals surface area contributed by atoms with Crippen molar-refractivity contribution in [2.45, 2.75) is 57.8 Å². The maximum absolute atomic E-state index is 13.1. The van der Waals surface area contributed by atoms with E-state index in [1.165, 1.54) is 0 Å². The van der Waals surface area contributed by atoms with Crippen molar-refractivity contribution in [2.75, 3.05) is 17.7 Å². The van der Waals surface area contributed by atoms with Gasteiger partial charge in [0.2, 0.25) is 11.1 Å². The zero-order chi connectivity index (χ0) is 25.5. The number of carbonyl (C=O) groups excluding carboxylic acids is 1. The van der Waals surface area contributed by atoms with Gasteiger partial charge in [0.05, 0.1) is 12.2 Å². The summed E-state index contributed by atoms with van der Waals surface area (Å²) in [6.07, 6.45) is 2.96. The van der Waals surface area contributed by atoms with Crippen molar-refractivity contribution in [1.29, 1.82) is 0 Å². The smallest absolute Gasteiger partial charge is 0.338 e. The fourth-order valence-corrected chi connectivity index (χ4v) is 4.88. The molecule has 0 amide bonds. The number of halogens is 1. The Morgan fingerprint density at radius 2 is 1.86 bits per heavy atom. The number of hydrogen-bond donors (Lipinski definition) is 1. The molecule has 1 N–H and O–H groups in total. The summed E-state index contributed by atoms with van der Waals surface area (Å²) >= 11 is 7.59. The van der Waals surface area contributed by atoms with Crippen molar-refractivity contribution in [3.05, 3.63) is 76.0 Å². The quantitative estimate of drug-likeness (QED) is 0.170. The van der Waals surface area contributed by atoms with Crippen LogP contribution in [0.5, 0.6) is 5.75 Å². The lowest BCUT2D eigenvalue weighted by Gasteiger charge is -2.28. The first-order valence-corrected chi connectivity index (χ1v) is 13.6. The number of hydrogen-bond acceptors (Lipinski definition) is 7. The number of thioether (sulfide) groups is 1. The van der Waals surface area contributed by atoms with Gasteiger partial charge in [0, 0.05) is 16.5 Å². The molecule has 1 aliphatic rings. The van der Waals surface area contributed by atoms with Crippen LogP contribution in [-0.2, 0) is 16.1 Å². The number of rotatable bonds is 11. The van der Waals surface area contributed by atoms with Crippen molar-refractivity contribution in [3.8, 4) is 5.75 Å². The number of benzene rings is 2. The number of nitrogens with zero attached hydrogens (tertiary/aromatic N) is 3. The minimum Gasteiger partial charge on any atom is -0.489 e. The lowest BCUT2D eigenvalue weighted by molar-refractivity contribution is -0.139. The molecule has 3 aromatic rings. The first-order valence-electron chi connectivity index (χ1n) is 12.2. The number of ether oxygens (including phenoxy) is 2. The van der Waals surface area contributed by atoms with Gasteiger partial charge in [-0.1, -0.05) is 67.9 Å². The van der Waals surface area contributed by atoms with E-state index >= 15 is 0 Å². The number of fused-ring (bicyclic) bond motifs is 1. The highest BCUT2D eigenvalue weighted by Gasteiger charge is 2.35. The largest absolute Gasteiger partial charge is 0.489 e. The monoisotopic (exact) mass is 526 g/mol. The van der Waals surface area contributed by atoms with Crippen molar-refractivity contribution in [1.82, 2.24) is 14.8 Å². The second-order valence-electron chi connectivity index (χ2n) is 8.55. The van der Waals surface area contributed by atoms with Gasteiger partial charge in [0.15, 0.2) is 0 Å². The molecule has 9 heteroatoms. The van der Waals surface area contributed by atoms with E-state index in [-0.39, 0.29) is 5.97 Å². The maximum atomic E-state index is 13.1. The molecule has 0 bridgehead atoms. The zero-order valence-corrected chi connectivity index (χ0v) is 22.4. The Balaban J connectivity index is 1.60. The van der Waals surface area contributed by atoms with Crippen LogP contribution in [0, 0.1) is 0 Å². The first kappa shape index (κ1) is 26.1. The summed E-state index contributed by atoms with van der Waals surface area (Å²) in [5, 5.41) is 9.39. The lowest BCUT2D eigenvalue weighted by atomic mass is 9.96. The van der Waals surface area contributed by atoms with Crippen LogP contribution in [0.1, 0.15) is 57.2 Å². The molecule has 1 aliphatic heterocycles. The van der Waals surface area contributed by atoms with E-state index in [1.807, 2.05) is 62.4 Å². The van der Waals surface area contributed by atoms with Gasteiger partial charge in [-0.2, -0.15) is 4.98 Å². The van der Waals surface area contributed by atoms with Crippen LogP contribution < -0.4 is 10.1 Å². The van der Waals surface area contributed by atoms with E-state index in [0.717, 1.165) is 41.9 Å². The van der Waals surface area contributed by atoms with E-state index < -0.39 is 6.04 Å².